The monoisotopic (exact) mass is 476 g/mol. The number of guanidine groups is 1. The standard InChI is InChI=1S/C19H32N4O2.HI/c1-14(23(4)16-8-9-16)12-21-19(20-2)22(3)13-15-7-10-17(24-5)11-18(15)25-6;/h7,10-11,14,16H,8-9,12-13H2,1-6H3,(H,20,21);1H. The first-order chi connectivity index (χ1) is 12.0. The number of ether oxygens (including phenoxy) is 2. The minimum atomic E-state index is 0. The third-order valence-electron chi connectivity index (χ3n) is 4.85. The molecular weight excluding hydrogens is 443 g/mol. The first kappa shape index (κ1) is 22.8. The predicted octanol–water partition coefficient (Wildman–Crippen LogP) is 2.81. The van der Waals surface area contributed by atoms with Crippen molar-refractivity contribution >= 4 is 29.9 Å². The van der Waals surface area contributed by atoms with Gasteiger partial charge >= 0.3 is 0 Å². The summed E-state index contributed by atoms with van der Waals surface area (Å²) in [4.78, 5) is 8.97. The van der Waals surface area contributed by atoms with Crippen LogP contribution in [0.2, 0.25) is 0 Å². The first-order valence-corrected chi connectivity index (χ1v) is 8.84. The van der Waals surface area contributed by atoms with Gasteiger partial charge in [-0.05, 0) is 38.9 Å². The van der Waals surface area contributed by atoms with E-state index in [9.17, 15) is 0 Å². The average molecular weight is 476 g/mol. The summed E-state index contributed by atoms with van der Waals surface area (Å²) in [7, 11) is 9.40. The Bertz CT molecular complexity index is 593. The van der Waals surface area contributed by atoms with Gasteiger partial charge in [-0.1, -0.05) is 0 Å². The number of aliphatic imine (C=N–C) groups is 1. The quantitative estimate of drug-likeness (QED) is 0.355. The summed E-state index contributed by atoms with van der Waals surface area (Å²) >= 11 is 0. The molecule has 0 bridgehead atoms. The number of halogens is 1. The smallest absolute Gasteiger partial charge is 0.193 e. The molecule has 1 fully saturated rings. The second kappa shape index (κ2) is 10.8. The minimum absolute atomic E-state index is 0. The summed E-state index contributed by atoms with van der Waals surface area (Å²) in [5.41, 5.74) is 1.09. The number of hydrogen-bond acceptors (Lipinski definition) is 4. The van der Waals surface area contributed by atoms with Crippen LogP contribution in [0.4, 0.5) is 0 Å². The highest BCUT2D eigenvalue weighted by Crippen LogP contribution is 2.27. The van der Waals surface area contributed by atoms with E-state index in [4.69, 9.17) is 9.47 Å². The van der Waals surface area contributed by atoms with Crippen molar-refractivity contribution in [3.63, 3.8) is 0 Å². The lowest BCUT2D eigenvalue weighted by atomic mass is 10.2. The van der Waals surface area contributed by atoms with E-state index in [1.54, 1.807) is 14.2 Å². The molecule has 148 valence electrons. The van der Waals surface area contributed by atoms with Gasteiger partial charge in [0.1, 0.15) is 11.5 Å². The van der Waals surface area contributed by atoms with Gasteiger partial charge in [-0.3, -0.25) is 9.89 Å². The topological polar surface area (TPSA) is 49.3 Å². The van der Waals surface area contributed by atoms with Gasteiger partial charge in [-0.15, -0.1) is 24.0 Å². The van der Waals surface area contributed by atoms with Gasteiger partial charge in [-0.25, -0.2) is 0 Å². The van der Waals surface area contributed by atoms with Crippen LogP contribution in [0.15, 0.2) is 23.2 Å². The summed E-state index contributed by atoms with van der Waals surface area (Å²) in [6.45, 7) is 3.84. The van der Waals surface area contributed by atoms with E-state index in [1.807, 2.05) is 32.3 Å². The Hall–Kier alpha value is -1.22. The summed E-state index contributed by atoms with van der Waals surface area (Å²) in [5.74, 6) is 2.50. The lowest BCUT2D eigenvalue weighted by Crippen LogP contribution is -2.45. The Balaban J connectivity index is 0.00000338. The molecule has 0 radical (unpaired) electrons. The number of likely N-dealkylation sites (N-methyl/N-ethyl adjacent to an activating group) is 1. The molecule has 1 N–H and O–H groups in total. The zero-order valence-electron chi connectivity index (χ0n) is 16.8. The van der Waals surface area contributed by atoms with Crippen LogP contribution in [0.3, 0.4) is 0 Å². The van der Waals surface area contributed by atoms with Crippen molar-refractivity contribution in [2.24, 2.45) is 4.99 Å². The molecule has 0 aromatic heterocycles. The van der Waals surface area contributed by atoms with E-state index in [0.29, 0.717) is 12.6 Å². The van der Waals surface area contributed by atoms with Crippen LogP contribution in [0.25, 0.3) is 0 Å². The van der Waals surface area contributed by atoms with Gasteiger partial charge in [0.25, 0.3) is 0 Å². The highest BCUT2D eigenvalue weighted by Gasteiger charge is 2.29. The fourth-order valence-electron chi connectivity index (χ4n) is 2.92. The summed E-state index contributed by atoms with van der Waals surface area (Å²) in [6.07, 6.45) is 2.65. The Morgan fingerprint density at radius 2 is 1.96 bits per heavy atom. The molecule has 1 aromatic rings. The van der Waals surface area contributed by atoms with E-state index in [-0.39, 0.29) is 24.0 Å². The average Bonchev–Trinajstić information content (AvgIpc) is 3.46. The lowest BCUT2D eigenvalue weighted by molar-refractivity contribution is 0.246. The highest BCUT2D eigenvalue weighted by molar-refractivity contribution is 14.0. The molecular formula is C19H33IN4O2. The maximum atomic E-state index is 5.49. The highest BCUT2D eigenvalue weighted by atomic mass is 127. The molecule has 1 aliphatic rings. The summed E-state index contributed by atoms with van der Waals surface area (Å²) in [6, 6.07) is 7.14. The molecule has 2 rings (SSSR count). The van der Waals surface area contributed by atoms with Gasteiger partial charge in [0.2, 0.25) is 0 Å². The Morgan fingerprint density at radius 1 is 1.27 bits per heavy atom. The summed E-state index contributed by atoms with van der Waals surface area (Å²) < 4.78 is 10.8. The van der Waals surface area contributed by atoms with Crippen LogP contribution in [0.1, 0.15) is 25.3 Å². The number of benzene rings is 1. The minimum Gasteiger partial charge on any atom is -0.497 e. The predicted molar refractivity (Wildman–Crippen MR) is 118 cm³/mol. The lowest BCUT2D eigenvalue weighted by Gasteiger charge is -2.28. The Labute approximate surface area is 175 Å². The van der Waals surface area contributed by atoms with Gasteiger partial charge < -0.3 is 19.7 Å². The molecule has 1 atom stereocenters. The molecule has 7 heteroatoms. The molecule has 6 nitrogen and oxygen atoms in total. The normalized spacial score (nSPS) is 15.3. The van der Waals surface area contributed by atoms with E-state index in [0.717, 1.165) is 35.6 Å². The van der Waals surface area contributed by atoms with Crippen molar-refractivity contribution in [1.82, 2.24) is 15.1 Å². The first-order valence-electron chi connectivity index (χ1n) is 8.84. The number of nitrogens with zero attached hydrogens (tertiary/aromatic N) is 3. The molecule has 1 saturated carbocycles. The summed E-state index contributed by atoms with van der Waals surface area (Å²) in [5, 5.41) is 3.48. The maximum absolute atomic E-state index is 5.49. The SMILES string of the molecule is CN=C(NCC(C)N(C)C1CC1)N(C)Cc1ccc(OC)cc1OC.I. The third kappa shape index (κ3) is 6.19. The van der Waals surface area contributed by atoms with Crippen molar-refractivity contribution in [3.05, 3.63) is 23.8 Å². The van der Waals surface area contributed by atoms with Crippen molar-refractivity contribution in [3.8, 4) is 11.5 Å². The zero-order chi connectivity index (χ0) is 18.4. The fourth-order valence-corrected chi connectivity index (χ4v) is 2.92. The molecule has 0 saturated heterocycles. The molecule has 1 aliphatic carbocycles. The zero-order valence-corrected chi connectivity index (χ0v) is 19.1. The van der Waals surface area contributed by atoms with Crippen molar-refractivity contribution in [1.29, 1.82) is 0 Å². The van der Waals surface area contributed by atoms with Gasteiger partial charge in [0.15, 0.2) is 5.96 Å². The van der Waals surface area contributed by atoms with Gasteiger partial charge in [0, 0.05) is 50.9 Å². The molecule has 0 aliphatic heterocycles. The van der Waals surface area contributed by atoms with Gasteiger partial charge in [-0.2, -0.15) is 0 Å². The van der Waals surface area contributed by atoms with Crippen LogP contribution < -0.4 is 14.8 Å². The van der Waals surface area contributed by atoms with E-state index in [1.165, 1.54) is 12.8 Å². The molecule has 1 aromatic carbocycles. The van der Waals surface area contributed by atoms with Gasteiger partial charge in [0.05, 0.1) is 14.2 Å². The number of hydrogen-bond donors (Lipinski definition) is 1. The molecule has 26 heavy (non-hydrogen) atoms. The van der Waals surface area contributed by atoms with Crippen LogP contribution in [-0.4, -0.2) is 69.8 Å². The molecule has 0 heterocycles. The van der Waals surface area contributed by atoms with Crippen molar-refractivity contribution < 1.29 is 9.47 Å². The second-order valence-electron chi connectivity index (χ2n) is 6.71. The van der Waals surface area contributed by atoms with Crippen LogP contribution >= 0.6 is 24.0 Å². The largest absolute Gasteiger partial charge is 0.497 e. The fraction of sp³-hybridized carbons (Fsp3) is 0.632. The van der Waals surface area contributed by atoms with Crippen LogP contribution in [-0.2, 0) is 6.54 Å². The van der Waals surface area contributed by atoms with Crippen LogP contribution in [0, 0.1) is 0 Å². The third-order valence-corrected chi connectivity index (χ3v) is 4.85. The maximum Gasteiger partial charge on any atom is 0.193 e. The van der Waals surface area contributed by atoms with Crippen LogP contribution in [0.5, 0.6) is 11.5 Å². The number of nitrogens with one attached hydrogen (secondary N) is 1. The molecule has 0 amide bonds. The molecule has 1 unspecified atom stereocenters. The van der Waals surface area contributed by atoms with E-state index in [2.05, 4.69) is 34.1 Å². The van der Waals surface area contributed by atoms with E-state index >= 15 is 0 Å². The number of methoxy groups -OCH3 is 2. The molecule has 0 spiro atoms. The van der Waals surface area contributed by atoms with E-state index < -0.39 is 0 Å². The Morgan fingerprint density at radius 3 is 2.50 bits per heavy atom. The number of rotatable bonds is 8. The Kier molecular flexibility index (Phi) is 9.49. The van der Waals surface area contributed by atoms with Crippen molar-refractivity contribution in [2.75, 3.05) is 41.9 Å². The van der Waals surface area contributed by atoms with Crippen molar-refractivity contribution in [2.45, 2.75) is 38.4 Å². The second-order valence-corrected chi connectivity index (χ2v) is 6.71.